The van der Waals surface area contributed by atoms with Crippen LogP contribution in [0.15, 0.2) is 48.5 Å². The highest BCUT2D eigenvalue weighted by Crippen LogP contribution is 2.29. The predicted molar refractivity (Wildman–Crippen MR) is 127 cm³/mol. The standard InChI is InChI=1S/C24H33N3O4S/c1-31-23-13-6-5-12-22(23)27(32(2,29)30)17-9-14-24(28)25-18-20-10-3-4-11-21(20)19-26-15-7-8-16-26/h3-6,10-13H,7-9,14-19H2,1-2H3,(H,25,28). The van der Waals surface area contributed by atoms with Crippen molar-refractivity contribution < 1.29 is 17.9 Å². The lowest BCUT2D eigenvalue weighted by atomic mass is 10.1. The number of para-hydroxylation sites is 2. The number of nitrogens with one attached hydrogen (secondary N) is 1. The highest BCUT2D eigenvalue weighted by molar-refractivity contribution is 7.92. The van der Waals surface area contributed by atoms with E-state index in [9.17, 15) is 13.2 Å². The topological polar surface area (TPSA) is 79.0 Å². The molecule has 0 saturated carbocycles. The van der Waals surface area contributed by atoms with Crippen LogP contribution in [-0.4, -0.2) is 52.2 Å². The molecule has 2 aromatic carbocycles. The molecule has 2 aromatic rings. The van der Waals surface area contributed by atoms with Gasteiger partial charge in [0, 0.05) is 26.1 Å². The molecule has 0 atom stereocenters. The molecule has 1 N–H and O–H groups in total. The van der Waals surface area contributed by atoms with Crippen molar-refractivity contribution in [2.75, 3.05) is 37.3 Å². The van der Waals surface area contributed by atoms with Gasteiger partial charge in [-0.05, 0) is 55.6 Å². The maximum absolute atomic E-state index is 12.4. The summed E-state index contributed by atoms with van der Waals surface area (Å²) in [7, 11) is -2.00. The van der Waals surface area contributed by atoms with E-state index in [0.29, 0.717) is 24.4 Å². The lowest BCUT2D eigenvalue weighted by Gasteiger charge is -2.24. The summed E-state index contributed by atoms with van der Waals surface area (Å²) >= 11 is 0. The van der Waals surface area contributed by atoms with Gasteiger partial charge in [0.2, 0.25) is 15.9 Å². The lowest BCUT2D eigenvalue weighted by molar-refractivity contribution is -0.121. The summed E-state index contributed by atoms with van der Waals surface area (Å²) in [5, 5.41) is 2.99. The van der Waals surface area contributed by atoms with Crippen LogP contribution in [0.25, 0.3) is 0 Å². The zero-order valence-corrected chi connectivity index (χ0v) is 19.7. The van der Waals surface area contributed by atoms with Gasteiger partial charge in [-0.25, -0.2) is 8.42 Å². The second kappa shape index (κ2) is 11.3. The fraction of sp³-hybridized carbons (Fsp3) is 0.458. The second-order valence-corrected chi connectivity index (χ2v) is 10.0. The molecule has 0 aromatic heterocycles. The Balaban J connectivity index is 1.53. The normalized spacial score (nSPS) is 14.3. The van der Waals surface area contributed by atoms with E-state index in [0.717, 1.165) is 31.5 Å². The number of sulfonamides is 1. The molecule has 1 saturated heterocycles. The minimum atomic E-state index is -3.50. The number of hydrogen-bond donors (Lipinski definition) is 1. The van der Waals surface area contributed by atoms with Gasteiger partial charge in [0.25, 0.3) is 0 Å². The SMILES string of the molecule is COc1ccccc1N(CCCC(=O)NCc1ccccc1CN1CCCC1)S(C)(=O)=O. The van der Waals surface area contributed by atoms with Gasteiger partial charge in [-0.1, -0.05) is 36.4 Å². The third-order valence-electron chi connectivity index (χ3n) is 5.71. The van der Waals surface area contributed by atoms with Gasteiger partial charge < -0.3 is 10.1 Å². The molecule has 0 spiro atoms. The van der Waals surface area contributed by atoms with Gasteiger partial charge in [-0.15, -0.1) is 0 Å². The van der Waals surface area contributed by atoms with Gasteiger partial charge in [-0.2, -0.15) is 0 Å². The van der Waals surface area contributed by atoms with Crippen molar-refractivity contribution in [3.8, 4) is 5.75 Å². The Morgan fingerprint density at radius 1 is 1.06 bits per heavy atom. The minimum Gasteiger partial charge on any atom is -0.495 e. The number of methoxy groups -OCH3 is 1. The molecule has 1 amide bonds. The van der Waals surface area contributed by atoms with Crippen molar-refractivity contribution in [3.63, 3.8) is 0 Å². The monoisotopic (exact) mass is 459 g/mol. The van der Waals surface area contributed by atoms with Crippen molar-refractivity contribution in [1.29, 1.82) is 0 Å². The van der Waals surface area contributed by atoms with Crippen molar-refractivity contribution in [2.45, 2.75) is 38.8 Å². The Bertz CT molecular complexity index is 1000. The summed E-state index contributed by atoms with van der Waals surface area (Å²) in [6.07, 6.45) is 4.31. The van der Waals surface area contributed by atoms with Crippen molar-refractivity contribution in [3.05, 3.63) is 59.7 Å². The molecule has 0 unspecified atom stereocenters. The fourth-order valence-electron chi connectivity index (χ4n) is 4.03. The number of rotatable bonds is 11. The first-order valence-electron chi connectivity index (χ1n) is 11.0. The first-order valence-corrected chi connectivity index (χ1v) is 12.9. The summed E-state index contributed by atoms with van der Waals surface area (Å²) in [5.74, 6) is 0.395. The molecule has 3 rings (SSSR count). The molecule has 1 aliphatic heterocycles. The first kappa shape index (κ1) is 24.1. The average Bonchev–Trinajstić information content (AvgIpc) is 3.28. The zero-order valence-electron chi connectivity index (χ0n) is 18.9. The zero-order chi connectivity index (χ0) is 23.0. The largest absolute Gasteiger partial charge is 0.495 e. The van der Waals surface area contributed by atoms with E-state index in [1.807, 2.05) is 12.1 Å². The van der Waals surface area contributed by atoms with Crippen molar-refractivity contribution in [2.24, 2.45) is 0 Å². The third-order valence-corrected chi connectivity index (χ3v) is 6.89. The number of carbonyl (C=O) groups excluding carboxylic acids is 1. The lowest BCUT2D eigenvalue weighted by Crippen LogP contribution is -2.32. The molecule has 7 nitrogen and oxygen atoms in total. The van der Waals surface area contributed by atoms with Crippen LogP contribution in [0.3, 0.4) is 0 Å². The van der Waals surface area contributed by atoms with Gasteiger partial charge in [0.15, 0.2) is 0 Å². The summed E-state index contributed by atoms with van der Waals surface area (Å²) in [5.41, 5.74) is 2.85. The van der Waals surface area contributed by atoms with Gasteiger partial charge >= 0.3 is 0 Å². The maximum atomic E-state index is 12.4. The van der Waals surface area contributed by atoms with Crippen molar-refractivity contribution >= 4 is 21.6 Å². The summed E-state index contributed by atoms with van der Waals surface area (Å²) < 4.78 is 31.3. The van der Waals surface area contributed by atoms with Gasteiger partial charge in [0.05, 0.1) is 19.1 Å². The Morgan fingerprint density at radius 2 is 1.72 bits per heavy atom. The second-order valence-electron chi connectivity index (χ2n) is 8.14. The number of ether oxygens (including phenoxy) is 1. The van der Waals surface area contributed by atoms with E-state index in [1.165, 1.54) is 29.8 Å². The highest BCUT2D eigenvalue weighted by atomic mass is 32.2. The number of likely N-dealkylation sites (tertiary alicyclic amines) is 1. The number of nitrogens with zero attached hydrogens (tertiary/aromatic N) is 2. The number of anilines is 1. The quantitative estimate of drug-likeness (QED) is 0.558. The van der Waals surface area contributed by atoms with Crippen LogP contribution in [0.5, 0.6) is 5.75 Å². The molecule has 0 radical (unpaired) electrons. The molecule has 1 heterocycles. The number of hydrogen-bond acceptors (Lipinski definition) is 5. The first-order chi connectivity index (χ1) is 15.4. The highest BCUT2D eigenvalue weighted by Gasteiger charge is 2.21. The maximum Gasteiger partial charge on any atom is 0.232 e. The van der Waals surface area contributed by atoms with Crippen LogP contribution in [-0.2, 0) is 27.9 Å². The summed E-state index contributed by atoms with van der Waals surface area (Å²) in [6.45, 7) is 3.85. The molecule has 0 bridgehead atoms. The fourth-order valence-corrected chi connectivity index (χ4v) is 5.00. The van der Waals surface area contributed by atoms with Crippen molar-refractivity contribution in [1.82, 2.24) is 10.2 Å². The minimum absolute atomic E-state index is 0.0885. The number of amides is 1. The van der Waals surface area contributed by atoms with Crippen LogP contribution >= 0.6 is 0 Å². The van der Waals surface area contributed by atoms with E-state index < -0.39 is 10.0 Å². The predicted octanol–water partition coefficient (Wildman–Crippen LogP) is 3.15. The Hall–Kier alpha value is -2.58. The Kier molecular flexibility index (Phi) is 8.53. The van der Waals surface area contributed by atoms with E-state index in [1.54, 1.807) is 24.3 Å². The molecular formula is C24H33N3O4S. The summed E-state index contributed by atoms with van der Waals surface area (Å²) in [6, 6.07) is 15.2. The molecule has 8 heteroatoms. The van der Waals surface area contributed by atoms with Crippen LogP contribution in [0.4, 0.5) is 5.69 Å². The summed E-state index contributed by atoms with van der Waals surface area (Å²) in [4.78, 5) is 14.9. The van der Waals surface area contributed by atoms with E-state index in [2.05, 4.69) is 22.3 Å². The molecule has 0 aliphatic carbocycles. The van der Waals surface area contributed by atoms with Gasteiger partial charge in [-0.3, -0.25) is 14.0 Å². The van der Waals surface area contributed by atoms with E-state index in [4.69, 9.17) is 4.74 Å². The molecular weight excluding hydrogens is 426 g/mol. The van der Waals surface area contributed by atoms with Crippen LogP contribution in [0.2, 0.25) is 0 Å². The van der Waals surface area contributed by atoms with Gasteiger partial charge in [0.1, 0.15) is 5.75 Å². The number of carbonyl (C=O) groups is 1. The average molecular weight is 460 g/mol. The van der Waals surface area contributed by atoms with E-state index in [-0.39, 0.29) is 18.9 Å². The van der Waals surface area contributed by atoms with E-state index >= 15 is 0 Å². The molecule has 1 aliphatic rings. The smallest absolute Gasteiger partial charge is 0.232 e. The third kappa shape index (κ3) is 6.71. The Labute approximate surface area is 191 Å². The van der Waals surface area contributed by atoms with Crippen LogP contribution in [0.1, 0.15) is 36.8 Å². The van der Waals surface area contributed by atoms with Crippen LogP contribution < -0.4 is 14.4 Å². The molecule has 1 fully saturated rings. The Morgan fingerprint density at radius 3 is 2.41 bits per heavy atom. The molecule has 32 heavy (non-hydrogen) atoms. The molecule has 174 valence electrons. The number of benzene rings is 2. The van der Waals surface area contributed by atoms with Crippen LogP contribution in [0, 0.1) is 0 Å².